The molecule has 194 valence electrons. The van der Waals surface area contributed by atoms with Crippen LogP contribution in [0, 0.1) is 11.8 Å². The average Bonchev–Trinajstić information content (AvgIpc) is 3.24. The molecule has 8 atom stereocenters. The first-order valence-corrected chi connectivity index (χ1v) is 12.6. The lowest BCUT2D eigenvalue weighted by atomic mass is 9.79. The highest BCUT2D eigenvalue weighted by atomic mass is 16.7. The van der Waals surface area contributed by atoms with E-state index in [2.05, 4.69) is 5.32 Å². The second-order valence-electron chi connectivity index (χ2n) is 10.9. The molecule has 4 aliphatic rings. The maximum atomic E-state index is 13.1. The molecule has 3 heterocycles. The van der Waals surface area contributed by atoms with Crippen molar-refractivity contribution >= 4 is 34.5 Å². The number of hydrogen-bond donors (Lipinski definition) is 1. The minimum atomic E-state index is -0.802. The predicted octanol–water partition coefficient (Wildman–Crippen LogP) is 3.28. The van der Waals surface area contributed by atoms with Crippen molar-refractivity contribution in [2.75, 3.05) is 19.4 Å². The number of nitrogens with zero attached hydrogens (tertiary/aromatic N) is 1. The first-order valence-electron chi connectivity index (χ1n) is 12.6. The third-order valence-corrected chi connectivity index (χ3v) is 8.12. The van der Waals surface area contributed by atoms with Crippen molar-refractivity contribution in [1.29, 1.82) is 0 Å². The van der Waals surface area contributed by atoms with Crippen LogP contribution in [0.1, 0.15) is 20.3 Å². The summed E-state index contributed by atoms with van der Waals surface area (Å²) in [6.07, 6.45) is -0.818. The number of rotatable bonds is 3. The van der Waals surface area contributed by atoms with Crippen molar-refractivity contribution in [1.82, 2.24) is 4.90 Å². The van der Waals surface area contributed by atoms with E-state index >= 15 is 0 Å². The highest BCUT2D eigenvalue weighted by molar-refractivity contribution is 5.93. The van der Waals surface area contributed by atoms with Crippen molar-refractivity contribution < 1.29 is 33.3 Å². The van der Waals surface area contributed by atoms with E-state index in [0.29, 0.717) is 17.7 Å². The standard InChI is InChI=1S/C28H30N2O7/c1-14-21-19-12-18(26(32)34-19)22(30(3)4)23(24-28(2,37-24)13-20(21)35-25(14)31)36-27(33)29-17-10-9-15-7-5-6-8-16(15)11-17/h5-12,14,19-24H,13H2,1-4H3,(H,29,33)/t14-,19-,20+,21+,22+,23-,24+,28+/m1/s1. The minimum absolute atomic E-state index is 0.299. The fourth-order valence-electron chi connectivity index (χ4n) is 6.18. The van der Waals surface area contributed by atoms with Gasteiger partial charge in [0.1, 0.15) is 18.3 Å². The summed E-state index contributed by atoms with van der Waals surface area (Å²) in [4.78, 5) is 40.5. The second-order valence-corrected chi connectivity index (χ2v) is 10.9. The van der Waals surface area contributed by atoms with Crippen LogP contribution in [0.3, 0.4) is 0 Å². The Bertz CT molecular complexity index is 1320. The number of ether oxygens (including phenoxy) is 4. The molecule has 0 unspecified atom stereocenters. The van der Waals surface area contributed by atoms with Gasteiger partial charge in [0.15, 0.2) is 6.10 Å². The van der Waals surface area contributed by atoms with E-state index in [1.807, 2.05) is 68.4 Å². The molecule has 9 nitrogen and oxygen atoms in total. The first kappa shape index (κ1) is 23.9. The van der Waals surface area contributed by atoms with E-state index < -0.39 is 54.0 Å². The molecular weight excluding hydrogens is 476 g/mol. The van der Waals surface area contributed by atoms with E-state index in [1.54, 1.807) is 13.0 Å². The molecule has 2 bridgehead atoms. The fraction of sp³-hybridized carbons (Fsp3) is 0.464. The molecular formula is C28H30N2O7. The number of anilines is 1. The average molecular weight is 507 g/mol. The summed E-state index contributed by atoms with van der Waals surface area (Å²) in [5.74, 6) is -1.50. The number of likely N-dealkylation sites (N-methyl/N-ethyl adjacent to an activating group) is 1. The number of carbonyl (C=O) groups excluding carboxylic acids is 3. The number of nitrogens with one attached hydrogen (secondary N) is 1. The van der Waals surface area contributed by atoms with Gasteiger partial charge in [-0.25, -0.2) is 9.59 Å². The Morgan fingerprint density at radius 2 is 1.86 bits per heavy atom. The van der Waals surface area contributed by atoms with Gasteiger partial charge in [-0.2, -0.15) is 0 Å². The first-order chi connectivity index (χ1) is 17.6. The third kappa shape index (κ3) is 4.06. The number of fused-ring (bicyclic) bond motifs is 5. The van der Waals surface area contributed by atoms with Gasteiger partial charge in [-0.1, -0.05) is 37.3 Å². The largest absolute Gasteiger partial charge is 0.462 e. The van der Waals surface area contributed by atoms with Crippen LogP contribution in [-0.4, -0.2) is 73.1 Å². The molecule has 0 aromatic heterocycles. The van der Waals surface area contributed by atoms with E-state index in [1.165, 1.54) is 0 Å². The van der Waals surface area contributed by atoms with E-state index in [4.69, 9.17) is 18.9 Å². The molecule has 3 aliphatic heterocycles. The van der Waals surface area contributed by atoms with Crippen molar-refractivity contribution in [2.45, 2.75) is 56.3 Å². The Kier molecular flexibility index (Phi) is 5.54. The van der Waals surface area contributed by atoms with Crippen LogP contribution in [0.2, 0.25) is 0 Å². The van der Waals surface area contributed by atoms with Crippen LogP contribution >= 0.6 is 0 Å². The molecule has 6 rings (SSSR count). The lowest BCUT2D eigenvalue weighted by Gasteiger charge is -2.32. The summed E-state index contributed by atoms with van der Waals surface area (Å²) >= 11 is 0. The number of benzene rings is 2. The van der Waals surface area contributed by atoms with Gasteiger partial charge in [0, 0.05) is 18.0 Å². The zero-order valence-corrected chi connectivity index (χ0v) is 21.2. The SMILES string of the molecule is C[C@H]1C(=O)O[C@H]2C[C@]3(C)O[C@H]3[C@H](OC(=O)Nc3ccc4ccccc4c3)[C@@H](N(C)C)C3=C[C@@H](OC3=O)[C@@H]21. The lowest BCUT2D eigenvalue weighted by molar-refractivity contribution is -0.144. The van der Waals surface area contributed by atoms with E-state index in [9.17, 15) is 14.4 Å². The molecule has 2 fully saturated rings. The molecule has 1 amide bonds. The lowest BCUT2D eigenvalue weighted by Crippen LogP contribution is -2.49. The van der Waals surface area contributed by atoms with Gasteiger partial charge in [-0.05, 0) is 50.0 Å². The quantitative estimate of drug-likeness (QED) is 0.384. The molecule has 0 radical (unpaired) electrons. The summed E-state index contributed by atoms with van der Waals surface area (Å²) in [6.45, 7) is 3.73. The Morgan fingerprint density at radius 1 is 1.11 bits per heavy atom. The van der Waals surface area contributed by atoms with Gasteiger partial charge in [-0.3, -0.25) is 15.0 Å². The number of amides is 1. The van der Waals surface area contributed by atoms with Crippen LogP contribution in [0.4, 0.5) is 10.5 Å². The predicted molar refractivity (Wildman–Crippen MR) is 134 cm³/mol. The monoisotopic (exact) mass is 506 g/mol. The Balaban J connectivity index is 1.31. The minimum Gasteiger partial charge on any atom is -0.462 e. The van der Waals surface area contributed by atoms with Crippen LogP contribution in [0.15, 0.2) is 54.1 Å². The molecule has 0 spiro atoms. The molecule has 9 heteroatoms. The fourth-order valence-corrected chi connectivity index (χ4v) is 6.18. The number of esters is 2. The molecule has 1 N–H and O–H groups in total. The Labute approximate surface area is 214 Å². The maximum absolute atomic E-state index is 13.1. The summed E-state index contributed by atoms with van der Waals surface area (Å²) in [6, 6.07) is 12.9. The van der Waals surface area contributed by atoms with Crippen LogP contribution in [0.25, 0.3) is 10.8 Å². The summed E-state index contributed by atoms with van der Waals surface area (Å²) < 4.78 is 23.6. The van der Waals surface area contributed by atoms with Crippen molar-refractivity contribution in [2.24, 2.45) is 11.8 Å². The highest BCUT2D eigenvalue weighted by Crippen LogP contribution is 2.51. The van der Waals surface area contributed by atoms with Crippen molar-refractivity contribution in [3.05, 3.63) is 54.1 Å². The Morgan fingerprint density at radius 3 is 2.62 bits per heavy atom. The zero-order chi connectivity index (χ0) is 26.1. The van der Waals surface area contributed by atoms with Crippen LogP contribution in [-0.2, 0) is 28.5 Å². The highest BCUT2D eigenvalue weighted by Gasteiger charge is 2.65. The number of carbonyl (C=O) groups is 3. The van der Waals surface area contributed by atoms with Crippen molar-refractivity contribution in [3.63, 3.8) is 0 Å². The van der Waals surface area contributed by atoms with Gasteiger partial charge in [0.05, 0.1) is 23.1 Å². The van der Waals surface area contributed by atoms with E-state index in [0.717, 1.165) is 10.8 Å². The van der Waals surface area contributed by atoms with Crippen LogP contribution < -0.4 is 5.32 Å². The van der Waals surface area contributed by atoms with Gasteiger partial charge in [-0.15, -0.1) is 0 Å². The normalized spacial score (nSPS) is 36.2. The molecule has 37 heavy (non-hydrogen) atoms. The molecule has 2 aromatic rings. The van der Waals surface area contributed by atoms with Gasteiger partial charge >= 0.3 is 18.0 Å². The second kappa shape index (κ2) is 8.56. The molecule has 1 aliphatic carbocycles. The summed E-state index contributed by atoms with van der Waals surface area (Å²) in [7, 11) is 3.64. The molecule has 2 saturated heterocycles. The third-order valence-electron chi connectivity index (χ3n) is 8.12. The van der Waals surface area contributed by atoms with E-state index in [-0.39, 0.29) is 11.9 Å². The Hall–Kier alpha value is -3.43. The van der Waals surface area contributed by atoms with Crippen molar-refractivity contribution in [3.8, 4) is 0 Å². The summed E-state index contributed by atoms with van der Waals surface area (Å²) in [5.41, 5.74) is 0.303. The smallest absolute Gasteiger partial charge is 0.412 e. The molecule has 0 saturated carbocycles. The maximum Gasteiger partial charge on any atom is 0.412 e. The molecule has 2 aromatic carbocycles. The van der Waals surface area contributed by atoms with Gasteiger partial charge in [0.2, 0.25) is 0 Å². The topological polar surface area (TPSA) is 107 Å². The number of epoxide rings is 1. The van der Waals surface area contributed by atoms with Crippen LogP contribution in [0.5, 0.6) is 0 Å². The summed E-state index contributed by atoms with van der Waals surface area (Å²) in [5, 5.41) is 4.87. The number of hydrogen-bond acceptors (Lipinski definition) is 8. The van der Waals surface area contributed by atoms with Gasteiger partial charge in [0.25, 0.3) is 0 Å². The van der Waals surface area contributed by atoms with Gasteiger partial charge < -0.3 is 18.9 Å². The zero-order valence-electron chi connectivity index (χ0n) is 21.2.